The van der Waals surface area contributed by atoms with Crippen LogP contribution in [0.15, 0.2) is 53.1 Å². The van der Waals surface area contributed by atoms with Gasteiger partial charge >= 0.3 is 0 Å². The lowest BCUT2D eigenvalue weighted by Crippen LogP contribution is -2.35. The van der Waals surface area contributed by atoms with Gasteiger partial charge in [0.05, 0.1) is 17.8 Å². The SMILES string of the molecule is NC(=S)C(CN(Cc1ccco1)C1CC1)c1ccccc1. The molecule has 0 amide bonds. The number of benzene rings is 1. The van der Waals surface area contributed by atoms with Gasteiger partial charge in [0.25, 0.3) is 0 Å². The van der Waals surface area contributed by atoms with E-state index < -0.39 is 0 Å². The van der Waals surface area contributed by atoms with Crippen LogP contribution in [0.2, 0.25) is 0 Å². The average Bonchev–Trinajstić information content (AvgIpc) is 3.21. The fourth-order valence-corrected chi connectivity index (χ4v) is 2.88. The zero-order valence-electron chi connectivity index (χ0n) is 11.9. The van der Waals surface area contributed by atoms with Crippen molar-refractivity contribution in [1.29, 1.82) is 0 Å². The number of thiocarbonyl (C=S) groups is 1. The zero-order valence-corrected chi connectivity index (χ0v) is 12.8. The van der Waals surface area contributed by atoms with Crippen LogP contribution >= 0.6 is 12.2 Å². The van der Waals surface area contributed by atoms with E-state index in [1.54, 1.807) is 6.26 Å². The molecule has 1 atom stereocenters. The molecule has 3 nitrogen and oxygen atoms in total. The number of furan rings is 1. The van der Waals surface area contributed by atoms with E-state index in [1.807, 2.05) is 30.3 Å². The van der Waals surface area contributed by atoms with Crippen LogP contribution in [-0.4, -0.2) is 22.5 Å². The van der Waals surface area contributed by atoms with Crippen molar-refractivity contribution in [3.63, 3.8) is 0 Å². The predicted octanol–water partition coefficient (Wildman–Crippen LogP) is 3.31. The Balaban J connectivity index is 1.75. The molecule has 21 heavy (non-hydrogen) atoms. The molecule has 1 aromatic heterocycles. The Morgan fingerprint density at radius 3 is 2.57 bits per heavy atom. The molecule has 110 valence electrons. The van der Waals surface area contributed by atoms with Gasteiger partial charge in [-0.15, -0.1) is 0 Å². The van der Waals surface area contributed by atoms with E-state index in [0.717, 1.165) is 18.8 Å². The van der Waals surface area contributed by atoms with Crippen molar-refractivity contribution in [2.75, 3.05) is 6.54 Å². The van der Waals surface area contributed by atoms with Crippen LogP contribution in [0, 0.1) is 0 Å². The van der Waals surface area contributed by atoms with Crippen molar-refractivity contribution < 1.29 is 4.42 Å². The van der Waals surface area contributed by atoms with E-state index in [-0.39, 0.29) is 5.92 Å². The molecule has 1 heterocycles. The molecule has 1 aromatic carbocycles. The highest BCUT2D eigenvalue weighted by Gasteiger charge is 2.32. The highest BCUT2D eigenvalue weighted by molar-refractivity contribution is 7.80. The van der Waals surface area contributed by atoms with Gasteiger partial charge in [0.15, 0.2) is 0 Å². The molecule has 2 N–H and O–H groups in total. The van der Waals surface area contributed by atoms with Gasteiger partial charge < -0.3 is 10.2 Å². The molecule has 3 rings (SSSR count). The highest BCUT2D eigenvalue weighted by Crippen LogP contribution is 2.31. The van der Waals surface area contributed by atoms with Gasteiger partial charge in [0.1, 0.15) is 5.76 Å². The minimum absolute atomic E-state index is 0.0942. The largest absolute Gasteiger partial charge is 0.468 e. The lowest BCUT2D eigenvalue weighted by molar-refractivity contribution is 0.231. The second-order valence-corrected chi connectivity index (χ2v) is 6.08. The first kappa shape index (κ1) is 14.3. The topological polar surface area (TPSA) is 42.4 Å². The van der Waals surface area contributed by atoms with Gasteiger partial charge in [-0.2, -0.15) is 0 Å². The summed E-state index contributed by atoms with van der Waals surface area (Å²) in [6.07, 6.45) is 4.22. The second kappa shape index (κ2) is 6.41. The summed E-state index contributed by atoms with van der Waals surface area (Å²) >= 11 is 5.30. The van der Waals surface area contributed by atoms with E-state index in [2.05, 4.69) is 17.0 Å². The first-order chi connectivity index (χ1) is 10.2. The summed E-state index contributed by atoms with van der Waals surface area (Å²) in [6.45, 7) is 1.67. The number of hydrogen-bond donors (Lipinski definition) is 1. The van der Waals surface area contributed by atoms with E-state index in [9.17, 15) is 0 Å². The molecule has 4 heteroatoms. The maximum absolute atomic E-state index is 5.99. The number of hydrogen-bond acceptors (Lipinski definition) is 3. The van der Waals surface area contributed by atoms with E-state index in [4.69, 9.17) is 22.4 Å². The van der Waals surface area contributed by atoms with E-state index in [1.165, 1.54) is 18.4 Å². The van der Waals surface area contributed by atoms with Crippen molar-refractivity contribution in [2.24, 2.45) is 5.73 Å². The fourth-order valence-electron chi connectivity index (χ4n) is 2.66. The molecule has 0 spiro atoms. The zero-order chi connectivity index (χ0) is 14.7. The average molecular weight is 300 g/mol. The summed E-state index contributed by atoms with van der Waals surface area (Å²) in [4.78, 5) is 3.00. The maximum Gasteiger partial charge on any atom is 0.117 e. The van der Waals surface area contributed by atoms with Crippen LogP contribution in [0.1, 0.15) is 30.1 Å². The third-order valence-corrected chi connectivity index (χ3v) is 4.25. The fraction of sp³-hybridized carbons (Fsp3) is 0.353. The highest BCUT2D eigenvalue weighted by atomic mass is 32.1. The molecule has 1 aliphatic rings. The summed E-state index contributed by atoms with van der Waals surface area (Å²) in [5.41, 5.74) is 7.18. The standard InChI is InChI=1S/C17H20N2OS/c18-17(21)16(13-5-2-1-3-6-13)12-19(14-8-9-14)11-15-7-4-10-20-15/h1-7,10,14,16H,8-9,11-12H2,(H2,18,21). The predicted molar refractivity (Wildman–Crippen MR) is 88.1 cm³/mol. The lowest BCUT2D eigenvalue weighted by atomic mass is 9.98. The van der Waals surface area contributed by atoms with Crippen LogP contribution in [0.5, 0.6) is 0 Å². The van der Waals surface area contributed by atoms with Gasteiger partial charge in [-0.25, -0.2) is 0 Å². The maximum atomic E-state index is 5.99. The summed E-state index contributed by atoms with van der Waals surface area (Å²) in [5, 5.41) is 0. The second-order valence-electron chi connectivity index (χ2n) is 5.61. The molecule has 0 saturated heterocycles. The van der Waals surface area contributed by atoms with Crippen molar-refractivity contribution in [3.8, 4) is 0 Å². The van der Waals surface area contributed by atoms with E-state index >= 15 is 0 Å². The minimum Gasteiger partial charge on any atom is -0.468 e. The molecule has 0 bridgehead atoms. The molecule has 2 aromatic rings. The molecule has 0 radical (unpaired) electrons. The van der Waals surface area contributed by atoms with Crippen LogP contribution < -0.4 is 5.73 Å². The van der Waals surface area contributed by atoms with Crippen molar-refractivity contribution >= 4 is 17.2 Å². The summed E-state index contributed by atoms with van der Waals surface area (Å²) < 4.78 is 5.48. The Morgan fingerprint density at radius 1 is 1.24 bits per heavy atom. The minimum atomic E-state index is 0.0942. The van der Waals surface area contributed by atoms with Crippen LogP contribution in [0.4, 0.5) is 0 Å². The normalized spacial score (nSPS) is 16.0. The molecule has 1 saturated carbocycles. The van der Waals surface area contributed by atoms with Gasteiger partial charge in [-0.05, 0) is 30.5 Å². The monoisotopic (exact) mass is 300 g/mol. The first-order valence-corrected chi connectivity index (χ1v) is 7.75. The van der Waals surface area contributed by atoms with E-state index in [0.29, 0.717) is 11.0 Å². The Bertz CT molecular complexity index is 578. The molecule has 1 unspecified atom stereocenters. The van der Waals surface area contributed by atoms with Crippen molar-refractivity contribution in [2.45, 2.75) is 31.3 Å². The molecule has 1 aliphatic carbocycles. The summed E-state index contributed by atoms with van der Waals surface area (Å²) in [6, 6.07) is 14.9. The lowest BCUT2D eigenvalue weighted by Gasteiger charge is -2.26. The van der Waals surface area contributed by atoms with Crippen LogP contribution in [0.3, 0.4) is 0 Å². The van der Waals surface area contributed by atoms with Gasteiger partial charge in [-0.3, -0.25) is 4.90 Å². The van der Waals surface area contributed by atoms with Gasteiger partial charge in [0, 0.05) is 18.5 Å². The quantitative estimate of drug-likeness (QED) is 0.797. The Morgan fingerprint density at radius 2 is 2.00 bits per heavy atom. The number of nitrogens with two attached hydrogens (primary N) is 1. The molecular formula is C17H20N2OS. The van der Waals surface area contributed by atoms with Crippen LogP contribution in [-0.2, 0) is 6.54 Å². The van der Waals surface area contributed by atoms with Gasteiger partial charge in [-0.1, -0.05) is 42.5 Å². The Labute approximate surface area is 130 Å². The van der Waals surface area contributed by atoms with Crippen molar-refractivity contribution in [1.82, 2.24) is 4.90 Å². The third kappa shape index (κ3) is 3.71. The first-order valence-electron chi connectivity index (χ1n) is 7.34. The molecular weight excluding hydrogens is 280 g/mol. The van der Waals surface area contributed by atoms with Crippen LogP contribution in [0.25, 0.3) is 0 Å². The smallest absolute Gasteiger partial charge is 0.117 e. The number of rotatable bonds is 7. The summed E-state index contributed by atoms with van der Waals surface area (Å²) in [5.74, 6) is 1.09. The Kier molecular flexibility index (Phi) is 4.36. The van der Waals surface area contributed by atoms with Crippen molar-refractivity contribution in [3.05, 3.63) is 60.1 Å². The summed E-state index contributed by atoms with van der Waals surface area (Å²) in [7, 11) is 0. The molecule has 0 aliphatic heterocycles. The molecule has 1 fully saturated rings. The third-order valence-electron chi connectivity index (χ3n) is 3.96. The number of nitrogens with zero attached hydrogens (tertiary/aromatic N) is 1. The Hall–Kier alpha value is -1.65. The van der Waals surface area contributed by atoms with Gasteiger partial charge in [0.2, 0.25) is 0 Å².